The predicted molar refractivity (Wildman–Crippen MR) is 61.0 cm³/mol. The zero-order valence-electron chi connectivity index (χ0n) is 9.10. The first-order valence-electron chi connectivity index (χ1n) is 5.04. The number of hydrogen-bond donors (Lipinski definition) is 0. The van der Waals surface area contributed by atoms with Crippen LogP contribution >= 0.6 is 11.6 Å². The second-order valence-electron chi connectivity index (χ2n) is 3.48. The largest absolute Gasteiger partial charge is 0.544 e. The third-order valence-electron chi connectivity index (χ3n) is 2.27. The average molecular weight is 265 g/mol. The number of ether oxygens (including phenoxy) is 2. The van der Waals surface area contributed by atoms with Crippen LogP contribution in [0.5, 0.6) is 11.5 Å². The quantitative estimate of drug-likeness (QED) is 0.582. The molecule has 1 aromatic rings. The molecule has 0 saturated heterocycles. The Balaban J connectivity index is 2.45. The molecular weight excluding hydrogens is 258 g/mol. The van der Waals surface area contributed by atoms with Crippen molar-refractivity contribution in [1.29, 1.82) is 5.26 Å². The number of carbonyl (C=O) groups is 1. The van der Waals surface area contributed by atoms with Gasteiger partial charge in [0.2, 0.25) is 0 Å². The van der Waals surface area contributed by atoms with E-state index in [9.17, 15) is 9.90 Å². The summed E-state index contributed by atoms with van der Waals surface area (Å²) in [6.07, 6.45) is 1.17. The highest BCUT2D eigenvalue weighted by Crippen LogP contribution is 2.38. The highest BCUT2D eigenvalue weighted by molar-refractivity contribution is 6.32. The third-order valence-corrected chi connectivity index (χ3v) is 2.55. The van der Waals surface area contributed by atoms with E-state index >= 15 is 0 Å². The van der Waals surface area contributed by atoms with Gasteiger partial charge in [-0.15, -0.1) is 0 Å². The van der Waals surface area contributed by atoms with Crippen LogP contribution in [0.25, 0.3) is 6.08 Å². The van der Waals surface area contributed by atoms with Gasteiger partial charge in [0.05, 0.1) is 16.6 Å². The lowest BCUT2D eigenvalue weighted by molar-refractivity contribution is -0.298. The molecule has 1 heterocycles. The van der Waals surface area contributed by atoms with Crippen LogP contribution in [0.1, 0.15) is 5.56 Å². The smallest absolute Gasteiger partial charge is 0.179 e. The fourth-order valence-corrected chi connectivity index (χ4v) is 1.79. The summed E-state index contributed by atoms with van der Waals surface area (Å²) >= 11 is 5.97. The Morgan fingerprint density at radius 1 is 1.44 bits per heavy atom. The summed E-state index contributed by atoms with van der Waals surface area (Å²) in [6, 6.07) is 4.59. The second-order valence-corrected chi connectivity index (χ2v) is 3.89. The van der Waals surface area contributed by atoms with Gasteiger partial charge >= 0.3 is 0 Å². The zero-order chi connectivity index (χ0) is 13.1. The summed E-state index contributed by atoms with van der Waals surface area (Å²) in [5, 5.41) is 19.6. The number of hydrogen-bond acceptors (Lipinski definition) is 5. The van der Waals surface area contributed by atoms with Gasteiger partial charge in [0.15, 0.2) is 11.5 Å². The molecule has 2 rings (SSSR count). The number of aliphatic carboxylic acids is 1. The first-order valence-corrected chi connectivity index (χ1v) is 5.42. The molecule has 6 heteroatoms. The SMILES string of the molecule is N#C/C(=C\c1cc(Cl)c2c(c1)OCCO2)C(=O)[O-]. The van der Waals surface area contributed by atoms with Crippen molar-refractivity contribution in [2.45, 2.75) is 0 Å². The van der Waals surface area contributed by atoms with E-state index < -0.39 is 11.5 Å². The Bertz CT molecular complexity index is 574. The fourth-order valence-electron chi connectivity index (χ4n) is 1.52. The van der Waals surface area contributed by atoms with Crippen LogP contribution in [-0.4, -0.2) is 19.2 Å². The molecule has 1 aliphatic rings. The average Bonchev–Trinajstić information content (AvgIpc) is 2.35. The number of carbonyl (C=O) groups excluding carboxylic acids is 1. The van der Waals surface area contributed by atoms with E-state index in [4.69, 9.17) is 26.3 Å². The first kappa shape index (κ1) is 12.3. The lowest BCUT2D eigenvalue weighted by atomic mass is 10.1. The number of nitriles is 1. The molecule has 1 aromatic carbocycles. The Hall–Kier alpha value is -2.19. The van der Waals surface area contributed by atoms with Crippen molar-refractivity contribution in [2.24, 2.45) is 0 Å². The van der Waals surface area contributed by atoms with Gasteiger partial charge in [-0.05, 0) is 23.8 Å². The lowest BCUT2D eigenvalue weighted by Crippen LogP contribution is -2.23. The van der Waals surface area contributed by atoms with Gasteiger partial charge in [-0.1, -0.05) is 11.6 Å². The fraction of sp³-hybridized carbons (Fsp3) is 0.167. The van der Waals surface area contributed by atoms with Crippen molar-refractivity contribution in [1.82, 2.24) is 0 Å². The molecule has 0 atom stereocenters. The van der Waals surface area contributed by atoms with Crippen molar-refractivity contribution < 1.29 is 19.4 Å². The van der Waals surface area contributed by atoms with E-state index in [0.29, 0.717) is 35.3 Å². The number of nitrogens with zero attached hydrogens (tertiary/aromatic N) is 1. The van der Waals surface area contributed by atoms with Crippen LogP contribution in [0.4, 0.5) is 0 Å². The van der Waals surface area contributed by atoms with Crippen LogP contribution < -0.4 is 14.6 Å². The molecule has 0 radical (unpaired) electrons. The molecule has 18 heavy (non-hydrogen) atoms. The summed E-state index contributed by atoms with van der Waals surface area (Å²) in [4.78, 5) is 10.6. The topological polar surface area (TPSA) is 82.4 Å². The molecule has 5 nitrogen and oxygen atoms in total. The van der Waals surface area contributed by atoms with Gasteiger partial charge < -0.3 is 19.4 Å². The van der Waals surface area contributed by atoms with Crippen LogP contribution in [-0.2, 0) is 4.79 Å². The minimum atomic E-state index is -1.54. The Morgan fingerprint density at radius 3 is 2.83 bits per heavy atom. The zero-order valence-corrected chi connectivity index (χ0v) is 9.86. The van der Waals surface area contributed by atoms with Gasteiger partial charge in [0, 0.05) is 0 Å². The Labute approximate surface area is 108 Å². The van der Waals surface area contributed by atoms with Crippen LogP contribution in [0.3, 0.4) is 0 Å². The van der Waals surface area contributed by atoms with Crippen molar-refractivity contribution >= 4 is 23.6 Å². The molecule has 0 amide bonds. The summed E-state index contributed by atoms with van der Waals surface area (Å²) in [5.41, 5.74) is -0.0484. The van der Waals surface area contributed by atoms with Crippen molar-refractivity contribution in [3.63, 3.8) is 0 Å². The molecule has 0 fully saturated rings. The van der Waals surface area contributed by atoms with Crippen LogP contribution in [0, 0.1) is 11.3 Å². The van der Waals surface area contributed by atoms with Crippen LogP contribution in [0.15, 0.2) is 17.7 Å². The molecular formula is C12H7ClNO4-. The highest BCUT2D eigenvalue weighted by atomic mass is 35.5. The number of fused-ring (bicyclic) bond motifs is 1. The third kappa shape index (κ3) is 2.39. The summed E-state index contributed by atoms with van der Waals surface area (Å²) in [7, 11) is 0. The Kier molecular flexibility index (Phi) is 3.40. The molecule has 0 aromatic heterocycles. The predicted octanol–water partition coefficient (Wildman–Crippen LogP) is 0.768. The van der Waals surface area contributed by atoms with Gasteiger partial charge in [0.25, 0.3) is 0 Å². The standard InChI is InChI=1S/C12H8ClNO4/c13-9-4-7(3-8(6-14)12(15)16)5-10-11(9)18-2-1-17-10/h3-5H,1-2H2,(H,15,16)/p-1/b8-3+. The summed E-state index contributed by atoms with van der Waals surface area (Å²) < 4.78 is 10.7. The van der Waals surface area contributed by atoms with Gasteiger partial charge in [-0.3, -0.25) is 0 Å². The van der Waals surface area contributed by atoms with Gasteiger partial charge in [0.1, 0.15) is 19.3 Å². The highest BCUT2D eigenvalue weighted by Gasteiger charge is 2.16. The molecule has 0 aliphatic carbocycles. The molecule has 0 bridgehead atoms. The lowest BCUT2D eigenvalue weighted by Gasteiger charge is -2.19. The van der Waals surface area contributed by atoms with Gasteiger partial charge in [-0.25, -0.2) is 0 Å². The first-order chi connectivity index (χ1) is 8.61. The maximum absolute atomic E-state index is 10.6. The van der Waals surface area contributed by atoms with Crippen molar-refractivity contribution in [2.75, 3.05) is 13.2 Å². The van der Waals surface area contributed by atoms with E-state index in [0.717, 1.165) is 0 Å². The number of carboxylic acids is 1. The van der Waals surface area contributed by atoms with Crippen molar-refractivity contribution in [3.05, 3.63) is 28.3 Å². The van der Waals surface area contributed by atoms with Gasteiger partial charge in [-0.2, -0.15) is 5.26 Å². The number of benzene rings is 1. The number of carboxylic acid groups (broad SMARTS) is 1. The van der Waals surface area contributed by atoms with E-state index in [1.807, 2.05) is 0 Å². The molecule has 1 aliphatic heterocycles. The number of rotatable bonds is 2. The van der Waals surface area contributed by atoms with E-state index in [-0.39, 0.29) is 0 Å². The molecule has 0 unspecified atom stereocenters. The van der Waals surface area contributed by atoms with Crippen molar-refractivity contribution in [3.8, 4) is 17.6 Å². The molecule has 0 saturated carbocycles. The maximum Gasteiger partial charge on any atom is 0.179 e. The summed E-state index contributed by atoms with van der Waals surface area (Å²) in [6.45, 7) is 0.798. The number of halogens is 1. The minimum absolute atomic E-state index is 0.300. The van der Waals surface area contributed by atoms with E-state index in [2.05, 4.69) is 0 Å². The normalized spacial score (nSPS) is 13.9. The second kappa shape index (κ2) is 4.98. The molecule has 0 N–H and O–H groups in total. The minimum Gasteiger partial charge on any atom is -0.544 e. The summed E-state index contributed by atoms with van der Waals surface area (Å²) in [5.74, 6) is -0.689. The van der Waals surface area contributed by atoms with Crippen LogP contribution in [0.2, 0.25) is 5.02 Å². The van der Waals surface area contributed by atoms with E-state index in [1.54, 1.807) is 6.07 Å². The molecule has 0 spiro atoms. The monoisotopic (exact) mass is 264 g/mol. The maximum atomic E-state index is 10.6. The van der Waals surface area contributed by atoms with E-state index in [1.165, 1.54) is 18.2 Å². The Morgan fingerprint density at radius 2 is 2.17 bits per heavy atom. The molecule has 92 valence electrons.